The number of primary amides is 1. The number of nitrogens with two attached hydrogens (primary N) is 1. The standard InChI is InChI=1S/C35H48N10O3/c1-35(2,3)48-34(47)45-16-11-26(23-45)39-32-29(24-9-14-37-15-10-24)40-30(31(36)46)33(41-32)38-25-5-7-27(8-6-25)43-17-12-28(13-18-43)44-21-19-42(4)20-22-44/h5-10,14-15,26,28H,11-13,16-23H2,1-4H3,(H2,36,46)(H2,38,39,41)/t26-/m1/s1. The second kappa shape index (κ2) is 14.3. The van der Waals surface area contributed by atoms with Gasteiger partial charge in [0.25, 0.3) is 5.91 Å². The maximum absolute atomic E-state index is 12.7. The number of piperazine rings is 1. The highest BCUT2D eigenvalue weighted by Gasteiger charge is 2.31. The molecule has 0 radical (unpaired) electrons. The zero-order valence-electron chi connectivity index (χ0n) is 28.5. The molecular weight excluding hydrogens is 608 g/mol. The van der Waals surface area contributed by atoms with Crippen molar-refractivity contribution in [1.29, 1.82) is 0 Å². The van der Waals surface area contributed by atoms with Crippen LogP contribution in [0.3, 0.4) is 0 Å². The molecule has 3 aliphatic heterocycles. The monoisotopic (exact) mass is 656 g/mol. The van der Waals surface area contributed by atoms with Crippen molar-refractivity contribution in [2.75, 3.05) is 74.9 Å². The largest absolute Gasteiger partial charge is 0.444 e. The summed E-state index contributed by atoms with van der Waals surface area (Å²) < 4.78 is 5.58. The fourth-order valence-electron chi connectivity index (χ4n) is 6.64. The third-order valence-corrected chi connectivity index (χ3v) is 9.28. The summed E-state index contributed by atoms with van der Waals surface area (Å²) in [4.78, 5) is 48.3. The Kier molecular flexibility index (Phi) is 9.97. The van der Waals surface area contributed by atoms with Gasteiger partial charge in [-0.2, -0.15) is 0 Å². The maximum atomic E-state index is 12.7. The van der Waals surface area contributed by atoms with Crippen LogP contribution in [0.1, 0.15) is 50.5 Å². The molecular formula is C35H48N10O3. The number of likely N-dealkylation sites (tertiary alicyclic amines) is 1. The Morgan fingerprint density at radius 2 is 1.56 bits per heavy atom. The molecule has 0 aliphatic carbocycles. The van der Waals surface area contributed by atoms with Crippen molar-refractivity contribution in [2.24, 2.45) is 5.73 Å². The molecule has 4 N–H and O–H groups in total. The second-order valence-corrected chi connectivity index (χ2v) is 14.0. The third-order valence-electron chi connectivity index (χ3n) is 9.28. The number of likely N-dealkylation sites (N-methyl/N-ethyl adjacent to an activating group) is 1. The Labute approximate surface area is 282 Å². The number of aromatic nitrogens is 3. The number of hydrogen-bond acceptors (Lipinski definition) is 11. The molecule has 2 amide bonds. The number of anilines is 4. The minimum atomic E-state index is -0.691. The van der Waals surface area contributed by atoms with Crippen molar-refractivity contribution in [3.63, 3.8) is 0 Å². The molecule has 13 nitrogen and oxygen atoms in total. The van der Waals surface area contributed by atoms with Crippen LogP contribution in [-0.4, -0.2) is 119 Å². The molecule has 0 unspecified atom stereocenters. The van der Waals surface area contributed by atoms with Crippen molar-refractivity contribution < 1.29 is 14.3 Å². The zero-order chi connectivity index (χ0) is 33.8. The van der Waals surface area contributed by atoms with Gasteiger partial charge in [0.15, 0.2) is 17.3 Å². The molecule has 48 heavy (non-hydrogen) atoms. The van der Waals surface area contributed by atoms with E-state index in [4.69, 9.17) is 20.4 Å². The molecule has 5 heterocycles. The normalized spacial score (nSPS) is 19.7. The Hall–Kier alpha value is -4.49. The van der Waals surface area contributed by atoms with Gasteiger partial charge in [0, 0.05) is 93.8 Å². The van der Waals surface area contributed by atoms with E-state index in [0.717, 1.165) is 63.4 Å². The molecule has 0 spiro atoms. The molecule has 1 atom stereocenters. The Morgan fingerprint density at radius 3 is 2.21 bits per heavy atom. The van der Waals surface area contributed by atoms with Gasteiger partial charge in [-0.15, -0.1) is 0 Å². The highest BCUT2D eigenvalue weighted by atomic mass is 16.6. The molecule has 3 aliphatic rings. The number of amides is 2. The highest BCUT2D eigenvalue weighted by Crippen LogP contribution is 2.31. The van der Waals surface area contributed by atoms with Crippen LogP contribution in [0.25, 0.3) is 11.3 Å². The maximum Gasteiger partial charge on any atom is 0.410 e. The van der Waals surface area contributed by atoms with Crippen molar-refractivity contribution in [3.05, 3.63) is 54.5 Å². The van der Waals surface area contributed by atoms with E-state index in [1.807, 2.05) is 32.9 Å². The van der Waals surface area contributed by atoms with Gasteiger partial charge in [0.2, 0.25) is 0 Å². The van der Waals surface area contributed by atoms with E-state index >= 15 is 0 Å². The number of nitrogens with one attached hydrogen (secondary N) is 2. The first-order valence-electron chi connectivity index (χ1n) is 16.9. The van der Waals surface area contributed by atoms with Gasteiger partial charge in [0.05, 0.1) is 0 Å². The Bertz CT molecular complexity index is 1560. The van der Waals surface area contributed by atoms with Crippen molar-refractivity contribution in [1.82, 2.24) is 29.7 Å². The van der Waals surface area contributed by atoms with Crippen LogP contribution in [0, 0.1) is 0 Å². The topological polar surface area (TPSA) is 145 Å². The predicted octanol–water partition coefficient (Wildman–Crippen LogP) is 4.02. The van der Waals surface area contributed by atoms with E-state index in [1.54, 1.807) is 29.4 Å². The van der Waals surface area contributed by atoms with E-state index in [0.29, 0.717) is 37.1 Å². The number of hydrogen-bond donors (Lipinski definition) is 3. The van der Waals surface area contributed by atoms with Gasteiger partial charge < -0.3 is 35.8 Å². The molecule has 0 saturated carbocycles. The van der Waals surface area contributed by atoms with Crippen molar-refractivity contribution in [2.45, 2.75) is 57.7 Å². The van der Waals surface area contributed by atoms with E-state index < -0.39 is 11.5 Å². The van der Waals surface area contributed by atoms with Crippen LogP contribution < -0.4 is 21.3 Å². The van der Waals surface area contributed by atoms with Crippen LogP contribution in [0.4, 0.5) is 27.8 Å². The van der Waals surface area contributed by atoms with Crippen molar-refractivity contribution in [3.8, 4) is 11.3 Å². The van der Waals surface area contributed by atoms with Crippen LogP contribution in [-0.2, 0) is 4.74 Å². The Balaban J connectivity index is 1.17. The van der Waals surface area contributed by atoms with E-state index in [2.05, 4.69) is 49.5 Å². The van der Waals surface area contributed by atoms with Crippen LogP contribution >= 0.6 is 0 Å². The molecule has 6 rings (SSSR count). The molecule has 256 valence electrons. The number of pyridine rings is 1. The highest BCUT2D eigenvalue weighted by molar-refractivity contribution is 5.97. The first-order chi connectivity index (χ1) is 23.0. The minimum Gasteiger partial charge on any atom is -0.444 e. The zero-order valence-corrected chi connectivity index (χ0v) is 28.5. The quantitative estimate of drug-likeness (QED) is 0.323. The average molecular weight is 657 g/mol. The van der Waals surface area contributed by atoms with Crippen LogP contribution in [0.15, 0.2) is 48.8 Å². The number of benzene rings is 1. The van der Waals surface area contributed by atoms with Crippen LogP contribution in [0.5, 0.6) is 0 Å². The van der Waals surface area contributed by atoms with Gasteiger partial charge >= 0.3 is 6.09 Å². The summed E-state index contributed by atoms with van der Waals surface area (Å²) in [6.07, 6.45) is 6.00. The summed E-state index contributed by atoms with van der Waals surface area (Å²) in [6, 6.07) is 12.4. The van der Waals surface area contributed by atoms with Crippen molar-refractivity contribution >= 4 is 35.0 Å². The van der Waals surface area contributed by atoms with Gasteiger partial charge in [-0.3, -0.25) is 14.7 Å². The SMILES string of the molecule is CN1CCN(C2CCN(c3ccc(Nc4nc(N[C@@H]5CCN(C(=O)OC(C)(C)C)C5)c(-c5ccncc5)nc4C(N)=O)cc3)CC2)CC1. The number of nitrogens with zero attached hydrogens (tertiary/aromatic N) is 7. The fraction of sp³-hybridized carbons (Fsp3) is 0.514. The lowest BCUT2D eigenvalue weighted by Gasteiger charge is -2.42. The first kappa shape index (κ1) is 33.4. The van der Waals surface area contributed by atoms with Gasteiger partial charge in [0.1, 0.15) is 11.3 Å². The molecule has 1 aromatic carbocycles. The molecule has 13 heteroatoms. The van der Waals surface area contributed by atoms with Crippen LogP contribution in [0.2, 0.25) is 0 Å². The summed E-state index contributed by atoms with van der Waals surface area (Å²) >= 11 is 0. The number of ether oxygens (including phenoxy) is 1. The molecule has 3 saturated heterocycles. The lowest BCUT2D eigenvalue weighted by Crippen LogP contribution is -2.52. The van der Waals surface area contributed by atoms with Gasteiger partial charge in [-0.1, -0.05) is 0 Å². The van der Waals surface area contributed by atoms with Gasteiger partial charge in [-0.05, 0) is 83.5 Å². The summed E-state index contributed by atoms with van der Waals surface area (Å²) in [6.45, 7) is 13.2. The summed E-state index contributed by atoms with van der Waals surface area (Å²) in [7, 11) is 2.20. The smallest absolute Gasteiger partial charge is 0.410 e. The molecule has 3 aromatic rings. The third kappa shape index (κ3) is 8.13. The summed E-state index contributed by atoms with van der Waals surface area (Å²) in [5, 5.41) is 6.78. The second-order valence-electron chi connectivity index (χ2n) is 14.0. The lowest BCUT2D eigenvalue weighted by atomic mass is 10.0. The Morgan fingerprint density at radius 1 is 0.875 bits per heavy atom. The number of piperidine rings is 1. The van der Waals surface area contributed by atoms with E-state index in [9.17, 15) is 9.59 Å². The average Bonchev–Trinajstić information content (AvgIpc) is 3.54. The van der Waals surface area contributed by atoms with E-state index in [-0.39, 0.29) is 23.6 Å². The summed E-state index contributed by atoms with van der Waals surface area (Å²) in [5.41, 5.74) is 8.44. The number of carbonyl (C=O) groups excluding carboxylic acids is 2. The fourth-order valence-corrected chi connectivity index (χ4v) is 6.64. The molecule has 2 aromatic heterocycles. The van der Waals surface area contributed by atoms with Gasteiger partial charge in [-0.25, -0.2) is 14.8 Å². The lowest BCUT2D eigenvalue weighted by molar-refractivity contribution is 0.0293. The minimum absolute atomic E-state index is 0.0317. The molecule has 3 fully saturated rings. The number of carbonyl (C=O) groups is 2. The van der Waals surface area contributed by atoms with E-state index in [1.165, 1.54) is 5.69 Å². The predicted molar refractivity (Wildman–Crippen MR) is 188 cm³/mol. The number of rotatable bonds is 8. The first-order valence-corrected chi connectivity index (χ1v) is 16.9. The molecule has 0 bridgehead atoms. The summed E-state index contributed by atoms with van der Waals surface area (Å²) in [5.74, 6) is 0.0405.